The first-order chi connectivity index (χ1) is 8.76. The van der Waals surface area contributed by atoms with Crippen LogP contribution in [0.3, 0.4) is 0 Å². The number of carbonyl (C=O) groups excluding carboxylic acids is 1. The van der Waals surface area contributed by atoms with Gasteiger partial charge in [-0.25, -0.2) is 4.98 Å². The van der Waals surface area contributed by atoms with E-state index in [1.165, 1.54) is 11.3 Å². The van der Waals surface area contributed by atoms with Crippen LogP contribution >= 0.6 is 11.3 Å². The summed E-state index contributed by atoms with van der Waals surface area (Å²) in [5, 5.41) is 5.30. The number of anilines is 1. The van der Waals surface area contributed by atoms with Crippen molar-refractivity contribution in [3.05, 3.63) is 11.6 Å². The number of nitrogens with one attached hydrogen (secondary N) is 1. The number of aromatic nitrogens is 1. The van der Waals surface area contributed by atoms with E-state index in [0.717, 1.165) is 13.1 Å². The minimum atomic E-state index is -0.233. The maximum Gasteiger partial charge on any atom is 0.240 e. The number of morpholine rings is 1. The Labute approximate surface area is 118 Å². The summed E-state index contributed by atoms with van der Waals surface area (Å²) in [4.78, 5) is 18.2. The molecule has 6 heteroatoms. The summed E-state index contributed by atoms with van der Waals surface area (Å²) in [5.41, 5.74) is -0.466. The van der Waals surface area contributed by atoms with Crippen LogP contribution in [0.5, 0.6) is 0 Å². The van der Waals surface area contributed by atoms with Crippen LogP contribution in [0.1, 0.15) is 27.7 Å². The summed E-state index contributed by atoms with van der Waals surface area (Å²) in [6.07, 6.45) is 1.68. The molecule has 1 aromatic rings. The number of rotatable bonds is 3. The number of amides is 1. The van der Waals surface area contributed by atoms with Gasteiger partial charge in [0, 0.05) is 24.7 Å². The van der Waals surface area contributed by atoms with Gasteiger partial charge in [-0.3, -0.25) is 9.69 Å². The van der Waals surface area contributed by atoms with Gasteiger partial charge >= 0.3 is 0 Å². The van der Waals surface area contributed by atoms with Crippen LogP contribution in [-0.2, 0) is 9.53 Å². The van der Waals surface area contributed by atoms with E-state index >= 15 is 0 Å². The molecule has 2 heterocycles. The van der Waals surface area contributed by atoms with Crippen molar-refractivity contribution < 1.29 is 9.53 Å². The second-order valence-corrected chi connectivity index (χ2v) is 7.05. The lowest BCUT2D eigenvalue weighted by molar-refractivity contribution is -0.180. The summed E-state index contributed by atoms with van der Waals surface area (Å²) in [6, 6.07) is 0. The number of hydrogen-bond donors (Lipinski definition) is 1. The smallest absolute Gasteiger partial charge is 0.240 e. The number of thiazole rings is 1. The molecule has 1 aliphatic rings. The predicted molar refractivity (Wildman–Crippen MR) is 76.4 cm³/mol. The van der Waals surface area contributed by atoms with E-state index in [1.807, 2.05) is 5.38 Å². The Hall–Kier alpha value is -0.980. The fourth-order valence-corrected chi connectivity index (χ4v) is 3.25. The molecule has 0 radical (unpaired) electrons. The Morgan fingerprint density at radius 1 is 1.42 bits per heavy atom. The van der Waals surface area contributed by atoms with Gasteiger partial charge in [0.15, 0.2) is 5.13 Å². The molecule has 1 N–H and O–H groups in total. The number of hydrogen-bond acceptors (Lipinski definition) is 5. The van der Waals surface area contributed by atoms with Crippen LogP contribution in [0.4, 0.5) is 5.13 Å². The molecular weight excluding hydrogens is 262 g/mol. The van der Waals surface area contributed by atoms with Crippen LogP contribution in [0.2, 0.25) is 0 Å². The molecule has 1 aromatic heterocycles. The topological polar surface area (TPSA) is 54.5 Å². The minimum absolute atomic E-state index is 0.0246. The number of carbonyl (C=O) groups is 1. The molecular formula is C13H21N3O2S. The normalized spacial score (nSPS) is 22.1. The van der Waals surface area contributed by atoms with Crippen LogP contribution in [0, 0.1) is 0 Å². The molecule has 0 bridgehead atoms. The Morgan fingerprint density at radius 3 is 2.58 bits per heavy atom. The SMILES string of the molecule is CC1(C)CN(CC(=O)Nc2nccs2)CC(C)(C)O1. The molecule has 19 heavy (non-hydrogen) atoms. The second-order valence-electron chi connectivity index (χ2n) is 6.15. The predicted octanol–water partition coefficient (Wildman–Crippen LogP) is 1.97. The van der Waals surface area contributed by atoms with Crippen molar-refractivity contribution in [2.75, 3.05) is 25.0 Å². The molecule has 0 aromatic carbocycles. The number of ether oxygens (including phenoxy) is 1. The zero-order valence-corrected chi connectivity index (χ0v) is 12.7. The Kier molecular flexibility index (Phi) is 3.94. The summed E-state index contributed by atoms with van der Waals surface area (Å²) >= 11 is 1.43. The van der Waals surface area contributed by atoms with Crippen LogP contribution < -0.4 is 5.32 Å². The maximum absolute atomic E-state index is 12.0. The van der Waals surface area contributed by atoms with Crippen molar-refractivity contribution in [2.24, 2.45) is 0 Å². The lowest BCUT2D eigenvalue weighted by atomic mass is 9.99. The second kappa shape index (κ2) is 5.19. The standard InChI is InChI=1S/C13H21N3O2S/c1-12(2)8-16(9-13(3,4)18-12)7-10(17)15-11-14-5-6-19-11/h5-6H,7-9H2,1-4H3,(H,14,15,17). The average molecular weight is 283 g/mol. The highest BCUT2D eigenvalue weighted by molar-refractivity contribution is 7.13. The molecule has 0 aliphatic carbocycles. The van der Waals surface area contributed by atoms with Gasteiger partial charge in [-0.15, -0.1) is 11.3 Å². The third-order valence-electron chi connectivity index (χ3n) is 2.81. The van der Waals surface area contributed by atoms with E-state index in [9.17, 15) is 4.79 Å². The fraction of sp³-hybridized carbons (Fsp3) is 0.692. The lowest BCUT2D eigenvalue weighted by Crippen LogP contribution is -2.58. The molecule has 1 aliphatic heterocycles. The van der Waals surface area contributed by atoms with Crippen molar-refractivity contribution in [3.8, 4) is 0 Å². The number of nitrogens with zero attached hydrogens (tertiary/aromatic N) is 2. The summed E-state index contributed by atoms with van der Waals surface area (Å²) < 4.78 is 6.00. The highest BCUT2D eigenvalue weighted by Gasteiger charge is 2.38. The minimum Gasteiger partial charge on any atom is -0.367 e. The van der Waals surface area contributed by atoms with Gasteiger partial charge in [0.25, 0.3) is 0 Å². The molecule has 5 nitrogen and oxygen atoms in total. The average Bonchev–Trinajstić information content (AvgIpc) is 2.63. The maximum atomic E-state index is 12.0. The Bertz CT molecular complexity index is 427. The summed E-state index contributed by atoms with van der Waals surface area (Å²) in [5.74, 6) is -0.0246. The molecule has 1 fully saturated rings. The third kappa shape index (κ3) is 4.26. The highest BCUT2D eigenvalue weighted by atomic mass is 32.1. The van der Waals surface area contributed by atoms with Crippen molar-refractivity contribution >= 4 is 22.4 Å². The third-order valence-corrected chi connectivity index (χ3v) is 3.50. The Balaban J connectivity index is 1.93. The van der Waals surface area contributed by atoms with Gasteiger partial charge in [-0.1, -0.05) is 0 Å². The molecule has 1 amide bonds. The lowest BCUT2D eigenvalue weighted by Gasteiger charge is -2.46. The van der Waals surface area contributed by atoms with Crippen LogP contribution in [0.25, 0.3) is 0 Å². The van der Waals surface area contributed by atoms with E-state index in [1.54, 1.807) is 6.20 Å². The van der Waals surface area contributed by atoms with Crippen LogP contribution in [-0.4, -0.2) is 46.6 Å². The fourth-order valence-electron chi connectivity index (χ4n) is 2.70. The molecule has 0 unspecified atom stereocenters. The molecule has 0 atom stereocenters. The monoisotopic (exact) mass is 283 g/mol. The van der Waals surface area contributed by atoms with Crippen molar-refractivity contribution in [2.45, 2.75) is 38.9 Å². The van der Waals surface area contributed by atoms with E-state index < -0.39 is 0 Å². The van der Waals surface area contributed by atoms with Crippen LogP contribution in [0.15, 0.2) is 11.6 Å². The summed E-state index contributed by atoms with van der Waals surface area (Å²) in [6.45, 7) is 10.1. The molecule has 106 valence electrons. The van der Waals surface area contributed by atoms with Gasteiger partial charge in [0.2, 0.25) is 5.91 Å². The zero-order valence-electron chi connectivity index (χ0n) is 11.9. The van der Waals surface area contributed by atoms with E-state index in [2.05, 4.69) is 42.9 Å². The van der Waals surface area contributed by atoms with Gasteiger partial charge in [-0.2, -0.15) is 0 Å². The molecule has 0 spiro atoms. The van der Waals surface area contributed by atoms with E-state index in [0.29, 0.717) is 11.7 Å². The first kappa shape index (κ1) is 14.4. The van der Waals surface area contributed by atoms with E-state index in [-0.39, 0.29) is 17.1 Å². The van der Waals surface area contributed by atoms with Gasteiger partial charge in [0.05, 0.1) is 17.7 Å². The molecule has 1 saturated heterocycles. The zero-order chi connectivity index (χ0) is 14.1. The van der Waals surface area contributed by atoms with Crippen molar-refractivity contribution in [3.63, 3.8) is 0 Å². The van der Waals surface area contributed by atoms with Gasteiger partial charge in [-0.05, 0) is 27.7 Å². The summed E-state index contributed by atoms with van der Waals surface area (Å²) in [7, 11) is 0. The first-order valence-electron chi connectivity index (χ1n) is 6.38. The molecule has 2 rings (SSSR count). The van der Waals surface area contributed by atoms with Gasteiger partial charge < -0.3 is 10.1 Å². The quantitative estimate of drug-likeness (QED) is 0.921. The Morgan fingerprint density at radius 2 is 2.05 bits per heavy atom. The largest absolute Gasteiger partial charge is 0.367 e. The van der Waals surface area contributed by atoms with E-state index in [4.69, 9.17) is 4.74 Å². The first-order valence-corrected chi connectivity index (χ1v) is 7.26. The highest BCUT2D eigenvalue weighted by Crippen LogP contribution is 2.27. The van der Waals surface area contributed by atoms with Crippen molar-refractivity contribution in [1.82, 2.24) is 9.88 Å². The molecule has 0 saturated carbocycles. The van der Waals surface area contributed by atoms with Crippen molar-refractivity contribution in [1.29, 1.82) is 0 Å². The van der Waals surface area contributed by atoms with Gasteiger partial charge in [0.1, 0.15) is 0 Å².